The van der Waals surface area contributed by atoms with Crippen LogP contribution >= 0.6 is 0 Å². The highest BCUT2D eigenvalue weighted by atomic mass is 16.1. The maximum Gasteiger partial charge on any atom is 0.139 e. The van der Waals surface area contributed by atoms with Crippen LogP contribution in [-0.2, 0) is 9.59 Å². The second-order valence-corrected chi connectivity index (χ2v) is 8.67. The second-order valence-electron chi connectivity index (χ2n) is 8.67. The van der Waals surface area contributed by atoms with Crippen LogP contribution in [0.15, 0.2) is 0 Å². The van der Waals surface area contributed by atoms with E-state index in [4.69, 9.17) is 0 Å². The zero-order chi connectivity index (χ0) is 14.8. The Bertz CT molecular complexity index is 496. The zero-order valence-corrected chi connectivity index (χ0v) is 13.5. The quantitative estimate of drug-likeness (QED) is 0.670. The Kier molecular flexibility index (Phi) is 2.94. The van der Waals surface area contributed by atoms with Gasteiger partial charge in [0.15, 0.2) is 0 Å². The summed E-state index contributed by atoms with van der Waals surface area (Å²) in [5.41, 5.74) is -0.115. The van der Waals surface area contributed by atoms with Gasteiger partial charge in [-0.2, -0.15) is 0 Å². The molecule has 0 amide bonds. The summed E-state index contributed by atoms with van der Waals surface area (Å²) in [6, 6.07) is 0. The highest BCUT2D eigenvalue weighted by Crippen LogP contribution is 2.64. The Morgan fingerprint density at radius 2 is 1.67 bits per heavy atom. The summed E-state index contributed by atoms with van der Waals surface area (Å²) in [5, 5.41) is 0. The van der Waals surface area contributed by atoms with Gasteiger partial charge in [-0.15, -0.1) is 0 Å². The topological polar surface area (TPSA) is 34.1 Å². The molecule has 0 aliphatic heterocycles. The van der Waals surface area contributed by atoms with Crippen LogP contribution in [0, 0.1) is 34.5 Å². The first-order valence-electron chi connectivity index (χ1n) is 9.04. The van der Waals surface area contributed by atoms with Crippen LogP contribution < -0.4 is 0 Å². The zero-order valence-electron chi connectivity index (χ0n) is 13.5. The van der Waals surface area contributed by atoms with E-state index < -0.39 is 0 Å². The normalized spacial score (nSPS) is 53.0. The average Bonchev–Trinajstić information content (AvgIpc) is 2.76. The van der Waals surface area contributed by atoms with Gasteiger partial charge in [0.25, 0.3) is 0 Å². The van der Waals surface area contributed by atoms with Crippen molar-refractivity contribution in [3.05, 3.63) is 0 Å². The molecular formula is C19H28O2. The molecule has 4 aliphatic rings. The molecule has 0 unspecified atom stereocenters. The monoisotopic (exact) mass is 288 g/mol. The van der Waals surface area contributed by atoms with Crippen LogP contribution in [-0.4, -0.2) is 11.6 Å². The molecule has 0 N–H and O–H groups in total. The molecule has 0 bridgehead atoms. The van der Waals surface area contributed by atoms with E-state index in [2.05, 4.69) is 13.8 Å². The molecule has 0 spiro atoms. The van der Waals surface area contributed by atoms with Crippen LogP contribution in [0.5, 0.6) is 0 Å². The minimum absolute atomic E-state index is 0.0535. The van der Waals surface area contributed by atoms with E-state index in [0.29, 0.717) is 35.2 Å². The van der Waals surface area contributed by atoms with Crippen molar-refractivity contribution in [2.45, 2.75) is 71.6 Å². The van der Waals surface area contributed by atoms with Crippen LogP contribution in [0.3, 0.4) is 0 Å². The fraction of sp³-hybridized carbons (Fsp3) is 0.895. The van der Waals surface area contributed by atoms with Crippen LogP contribution in [0.4, 0.5) is 0 Å². The van der Waals surface area contributed by atoms with E-state index >= 15 is 0 Å². The van der Waals surface area contributed by atoms with Crippen molar-refractivity contribution in [2.75, 3.05) is 0 Å². The SMILES string of the molecule is C[C@]12C(=O)CCC[C@@H]1CC[C@@H]1[C@@H]2CC[C@]2(C)C(=O)CC[C@@H]12. The van der Waals surface area contributed by atoms with Crippen LogP contribution in [0.2, 0.25) is 0 Å². The number of carbonyl (C=O) groups excluding carboxylic acids is 2. The molecule has 0 aromatic rings. The van der Waals surface area contributed by atoms with Crippen LogP contribution in [0.1, 0.15) is 71.6 Å². The van der Waals surface area contributed by atoms with Crippen molar-refractivity contribution in [1.82, 2.24) is 0 Å². The molecule has 2 heteroatoms. The number of hydrogen-bond donors (Lipinski definition) is 0. The summed E-state index contributed by atoms with van der Waals surface area (Å²) in [6.07, 6.45) is 9.69. The summed E-state index contributed by atoms with van der Waals surface area (Å²) in [6.45, 7) is 4.51. The molecule has 4 fully saturated rings. The molecule has 0 aromatic carbocycles. The number of ketones is 2. The first-order valence-corrected chi connectivity index (χ1v) is 9.04. The highest BCUT2D eigenvalue weighted by molar-refractivity contribution is 5.88. The lowest BCUT2D eigenvalue weighted by atomic mass is 9.45. The summed E-state index contributed by atoms with van der Waals surface area (Å²) in [4.78, 5) is 25.1. The lowest BCUT2D eigenvalue weighted by Crippen LogP contribution is -2.56. The smallest absolute Gasteiger partial charge is 0.139 e. The number of fused-ring (bicyclic) bond motifs is 5. The molecule has 116 valence electrons. The van der Waals surface area contributed by atoms with E-state index in [9.17, 15) is 9.59 Å². The number of Topliss-reactive ketones (excluding diaryl/α,β-unsaturated/α-hetero) is 2. The summed E-state index contributed by atoms with van der Waals surface area (Å²) in [7, 11) is 0. The molecule has 4 rings (SSSR count). The average molecular weight is 288 g/mol. The van der Waals surface area contributed by atoms with Gasteiger partial charge >= 0.3 is 0 Å². The van der Waals surface area contributed by atoms with E-state index in [1.807, 2.05) is 0 Å². The maximum atomic E-state index is 12.8. The standard InChI is InChI=1S/C19H28O2/c1-18-11-10-15-13(14(18)8-9-16(18)20)7-6-12-4-3-5-17(21)19(12,15)2/h12-15H,3-11H2,1-2H3/t12-,13+,14+,15+,18+,19+/m1/s1. The third-order valence-corrected chi connectivity index (χ3v) is 8.17. The molecular weight excluding hydrogens is 260 g/mol. The molecule has 0 aromatic heterocycles. The molecule has 4 aliphatic carbocycles. The number of carbonyl (C=O) groups is 2. The van der Waals surface area contributed by atoms with Gasteiger partial charge in [0.2, 0.25) is 0 Å². The minimum Gasteiger partial charge on any atom is -0.299 e. The van der Waals surface area contributed by atoms with Crippen molar-refractivity contribution in [3.63, 3.8) is 0 Å². The van der Waals surface area contributed by atoms with Gasteiger partial charge in [0.05, 0.1) is 0 Å². The number of hydrogen-bond acceptors (Lipinski definition) is 2. The summed E-state index contributed by atoms with van der Waals surface area (Å²) < 4.78 is 0. The molecule has 0 saturated heterocycles. The summed E-state index contributed by atoms with van der Waals surface area (Å²) in [5.74, 6) is 3.44. The van der Waals surface area contributed by atoms with Gasteiger partial charge < -0.3 is 0 Å². The van der Waals surface area contributed by atoms with E-state index in [1.165, 1.54) is 19.3 Å². The molecule has 2 nitrogen and oxygen atoms in total. The Balaban J connectivity index is 1.70. The Labute approximate surface area is 128 Å². The Morgan fingerprint density at radius 3 is 2.48 bits per heavy atom. The predicted octanol–water partition coefficient (Wildman–Crippen LogP) is 4.17. The third kappa shape index (κ3) is 1.65. The van der Waals surface area contributed by atoms with Crippen molar-refractivity contribution in [1.29, 1.82) is 0 Å². The molecule has 0 heterocycles. The van der Waals surface area contributed by atoms with E-state index in [0.717, 1.165) is 38.5 Å². The van der Waals surface area contributed by atoms with Gasteiger partial charge in [-0.3, -0.25) is 9.59 Å². The molecule has 6 atom stereocenters. The fourth-order valence-electron chi connectivity index (χ4n) is 6.86. The second kappa shape index (κ2) is 4.43. The molecule has 21 heavy (non-hydrogen) atoms. The lowest BCUT2D eigenvalue weighted by molar-refractivity contribution is -0.156. The Morgan fingerprint density at radius 1 is 0.857 bits per heavy atom. The summed E-state index contributed by atoms with van der Waals surface area (Å²) >= 11 is 0. The van der Waals surface area contributed by atoms with Crippen molar-refractivity contribution < 1.29 is 9.59 Å². The van der Waals surface area contributed by atoms with Gasteiger partial charge in [-0.1, -0.05) is 13.8 Å². The first-order chi connectivity index (χ1) is 9.98. The van der Waals surface area contributed by atoms with Crippen molar-refractivity contribution >= 4 is 11.6 Å². The molecule has 0 radical (unpaired) electrons. The van der Waals surface area contributed by atoms with E-state index in [-0.39, 0.29) is 10.8 Å². The van der Waals surface area contributed by atoms with Gasteiger partial charge in [-0.25, -0.2) is 0 Å². The maximum absolute atomic E-state index is 12.8. The Hall–Kier alpha value is -0.660. The first kappa shape index (κ1) is 14.0. The third-order valence-electron chi connectivity index (χ3n) is 8.17. The van der Waals surface area contributed by atoms with Crippen LogP contribution in [0.25, 0.3) is 0 Å². The largest absolute Gasteiger partial charge is 0.299 e. The predicted molar refractivity (Wildman–Crippen MR) is 81.7 cm³/mol. The van der Waals surface area contributed by atoms with Gasteiger partial charge in [0.1, 0.15) is 11.6 Å². The van der Waals surface area contributed by atoms with E-state index in [1.54, 1.807) is 0 Å². The van der Waals surface area contributed by atoms with Crippen molar-refractivity contribution in [3.8, 4) is 0 Å². The van der Waals surface area contributed by atoms with Gasteiger partial charge in [-0.05, 0) is 68.6 Å². The number of rotatable bonds is 0. The van der Waals surface area contributed by atoms with Crippen molar-refractivity contribution in [2.24, 2.45) is 34.5 Å². The fourth-order valence-corrected chi connectivity index (χ4v) is 6.86. The minimum atomic E-state index is -0.0614. The highest BCUT2D eigenvalue weighted by Gasteiger charge is 2.61. The lowest BCUT2D eigenvalue weighted by Gasteiger charge is -2.58. The molecule has 4 saturated carbocycles. The van der Waals surface area contributed by atoms with Gasteiger partial charge in [0, 0.05) is 23.7 Å².